The van der Waals surface area contributed by atoms with Crippen molar-refractivity contribution in [2.45, 2.75) is 12.8 Å². The zero-order chi connectivity index (χ0) is 11.7. The lowest BCUT2D eigenvalue weighted by molar-refractivity contribution is 0.0789. The maximum Gasteiger partial charge on any atom is 0.257 e. The van der Waals surface area contributed by atoms with Crippen LogP contribution >= 0.6 is 0 Å². The van der Waals surface area contributed by atoms with Crippen LogP contribution in [0.5, 0.6) is 17.2 Å². The molecule has 1 fully saturated rings. The molecule has 5 heteroatoms. The van der Waals surface area contributed by atoms with E-state index in [2.05, 4.69) is 0 Å². The highest BCUT2D eigenvalue weighted by Crippen LogP contribution is 2.33. The normalized spacial score (nSPS) is 15.4. The van der Waals surface area contributed by atoms with Gasteiger partial charge in [-0.1, -0.05) is 0 Å². The molecule has 0 unspecified atom stereocenters. The molecule has 5 nitrogen and oxygen atoms in total. The van der Waals surface area contributed by atoms with Gasteiger partial charge in [0.1, 0.15) is 5.75 Å². The fourth-order valence-corrected chi connectivity index (χ4v) is 1.83. The Bertz CT molecular complexity index is 424. The quantitative estimate of drug-likeness (QED) is 0.491. The summed E-state index contributed by atoms with van der Waals surface area (Å²) < 4.78 is 0. The monoisotopic (exact) mass is 223 g/mol. The van der Waals surface area contributed by atoms with Gasteiger partial charge in [0.15, 0.2) is 11.5 Å². The molecule has 3 N–H and O–H groups in total. The number of phenols is 3. The minimum absolute atomic E-state index is 0.0252. The predicted molar refractivity (Wildman–Crippen MR) is 56.6 cm³/mol. The van der Waals surface area contributed by atoms with Gasteiger partial charge in [-0.05, 0) is 12.8 Å². The van der Waals surface area contributed by atoms with Crippen molar-refractivity contribution in [3.8, 4) is 17.2 Å². The summed E-state index contributed by atoms with van der Waals surface area (Å²) in [6.45, 7) is 1.33. The van der Waals surface area contributed by atoms with E-state index in [1.807, 2.05) is 0 Å². The minimum atomic E-state index is -0.435. The number of hydrogen-bond donors (Lipinski definition) is 3. The number of hydrogen-bond acceptors (Lipinski definition) is 4. The predicted octanol–water partition coefficient (Wildman–Crippen LogP) is 1.04. The third kappa shape index (κ3) is 1.76. The molecule has 16 heavy (non-hydrogen) atoms. The van der Waals surface area contributed by atoms with Gasteiger partial charge in [0.05, 0.1) is 5.56 Å². The van der Waals surface area contributed by atoms with E-state index in [0.29, 0.717) is 13.1 Å². The van der Waals surface area contributed by atoms with Crippen LogP contribution in [-0.2, 0) is 0 Å². The van der Waals surface area contributed by atoms with Gasteiger partial charge in [0.25, 0.3) is 5.91 Å². The van der Waals surface area contributed by atoms with E-state index in [1.54, 1.807) is 4.90 Å². The molecule has 0 spiro atoms. The molecule has 1 amide bonds. The SMILES string of the molecule is O=C(c1cc(O)c(O)cc1O)N1CCCC1. The summed E-state index contributed by atoms with van der Waals surface area (Å²) in [6, 6.07) is 2.06. The first-order valence-electron chi connectivity index (χ1n) is 5.14. The third-order valence-corrected chi connectivity index (χ3v) is 2.72. The summed E-state index contributed by atoms with van der Waals surface area (Å²) in [5.41, 5.74) is 0.0252. The first-order chi connectivity index (χ1) is 7.59. The number of nitrogens with zero attached hydrogens (tertiary/aromatic N) is 1. The summed E-state index contributed by atoms with van der Waals surface area (Å²) in [7, 11) is 0. The molecule has 0 saturated carbocycles. The molecule has 0 aromatic heterocycles. The lowest BCUT2D eigenvalue weighted by Crippen LogP contribution is -2.27. The molecular weight excluding hydrogens is 210 g/mol. The van der Waals surface area contributed by atoms with Gasteiger partial charge < -0.3 is 20.2 Å². The maximum absolute atomic E-state index is 11.9. The smallest absolute Gasteiger partial charge is 0.257 e. The largest absolute Gasteiger partial charge is 0.507 e. The highest BCUT2D eigenvalue weighted by molar-refractivity contribution is 5.97. The second kappa shape index (κ2) is 3.92. The Morgan fingerprint density at radius 2 is 1.56 bits per heavy atom. The van der Waals surface area contributed by atoms with Crippen LogP contribution in [0.2, 0.25) is 0 Å². The number of carbonyl (C=O) groups excluding carboxylic acids is 1. The summed E-state index contributed by atoms with van der Waals surface area (Å²) in [4.78, 5) is 13.5. The van der Waals surface area contributed by atoms with E-state index in [-0.39, 0.29) is 17.2 Å². The van der Waals surface area contributed by atoms with E-state index < -0.39 is 11.5 Å². The van der Waals surface area contributed by atoms with Crippen LogP contribution in [0.3, 0.4) is 0 Å². The molecule has 1 aromatic rings. The van der Waals surface area contributed by atoms with E-state index in [9.17, 15) is 15.0 Å². The van der Waals surface area contributed by atoms with Crippen LogP contribution in [0.25, 0.3) is 0 Å². The summed E-state index contributed by atoms with van der Waals surface area (Å²) >= 11 is 0. The topological polar surface area (TPSA) is 81.0 Å². The Hall–Kier alpha value is -1.91. The van der Waals surface area contributed by atoms with Gasteiger partial charge in [0, 0.05) is 25.2 Å². The number of aromatic hydroxyl groups is 3. The number of likely N-dealkylation sites (tertiary alicyclic amines) is 1. The molecule has 1 heterocycles. The number of benzene rings is 1. The number of carbonyl (C=O) groups is 1. The zero-order valence-corrected chi connectivity index (χ0v) is 8.68. The molecule has 1 aliphatic rings. The lowest BCUT2D eigenvalue weighted by Gasteiger charge is -2.16. The molecule has 86 valence electrons. The Kier molecular flexibility index (Phi) is 2.60. The van der Waals surface area contributed by atoms with E-state index in [1.165, 1.54) is 0 Å². The molecule has 0 aliphatic carbocycles. The van der Waals surface area contributed by atoms with Crippen LogP contribution in [0.4, 0.5) is 0 Å². The minimum Gasteiger partial charge on any atom is -0.507 e. The van der Waals surface area contributed by atoms with Crippen molar-refractivity contribution in [1.29, 1.82) is 0 Å². The standard InChI is InChI=1S/C11H13NO4/c13-8-6-10(15)9(14)5-7(8)11(16)12-3-1-2-4-12/h5-6,13-15H,1-4H2. The van der Waals surface area contributed by atoms with Crippen molar-refractivity contribution in [2.75, 3.05) is 13.1 Å². The van der Waals surface area contributed by atoms with E-state index >= 15 is 0 Å². The van der Waals surface area contributed by atoms with Crippen molar-refractivity contribution in [3.63, 3.8) is 0 Å². The highest BCUT2D eigenvalue weighted by atomic mass is 16.3. The lowest BCUT2D eigenvalue weighted by atomic mass is 10.1. The second-order valence-electron chi connectivity index (χ2n) is 3.86. The Balaban J connectivity index is 2.32. The third-order valence-electron chi connectivity index (χ3n) is 2.72. The maximum atomic E-state index is 11.9. The Labute approximate surface area is 92.6 Å². The Morgan fingerprint density at radius 1 is 1.00 bits per heavy atom. The van der Waals surface area contributed by atoms with Crippen LogP contribution in [0.15, 0.2) is 12.1 Å². The first-order valence-corrected chi connectivity index (χ1v) is 5.14. The molecule has 0 bridgehead atoms. The van der Waals surface area contributed by atoms with Crippen LogP contribution in [0, 0.1) is 0 Å². The zero-order valence-electron chi connectivity index (χ0n) is 8.68. The molecule has 1 saturated heterocycles. The van der Waals surface area contributed by atoms with Gasteiger partial charge in [0.2, 0.25) is 0 Å². The fraction of sp³-hybridized carbons (Fsp3) is 0.364. The number of rotatable bonds is 1. The molecule has 1 aromatic carbocycles. The molecule has 1 aliphatic heterocycles. The molecule has 0 radical (unpaired) electrons. The van der Waals surface area contributed by atoms with Gasteiger partial charge in [-0.3, -0.25) is 4.79 Å². The van der Waals surface area contributed by atoms with Gasteiger partial charge >= 0.3 is 0 Å². The number of amides is 1. The molecule has 2 rings (SSSR count). The van der Waals surface area contributed by atoms with E-state index in [4.69, 9.17) is 5.11 Å². The molecular formula is C11H13NO4. The van der Waals surface area contributed by atoms with E-state index in [0.717, 1.165) is 25.0 Å². The second-order valence-corrected chi connectivity index (χ2v) is 3.86. The van der Waals surface area contributed by atoms with Gasteiger partial charge in [-0.15, -0.1) is 0 Å². The average Bonchev–Trinajstić information content (AvgIpc) is 2.75. The first kappa shape index (κ1) is 10.6. The summed E-state index contributed by atoms with van der Waals surface area (Å²) in [5, 5.41) is 27.9. The van der Waals surface area contributed by atoms with Crippen molar-refractivity contribution in [3.05, 3.63) is 17.7 Å². The Morgan fingerprint density at radius 3 is 2.19 bits per heavy atom. The summed E-state index contributed by atoms with van der Waals surface area (Å²) in [6.07, 6.45) is 1.91. The number of phenolic OH excluding ortho intramolecular Hbond substituents is 3. The van der Waals surface area contributed by atoms with Crippen LogP contribution in [0.1, 0.15) is 23.2 Å². The van der Waals surface area contributed by atoms with Crippen molar-refractivity contribution < 1.29 is 20.1 Å². The molecule has 0 atom stereocenters. The summed E-state index contributed by atoms with van der Waals surface area (Å²) in [5.74, 6) is -1.46. The van der Waals surface area contributed by atoms with Crippen LogP contribution in [-0.4, -0.2) is 39.2 Å². The van der Waals surface area contributed by atoms with Crippen molar-refractivity contribution >= 4 is 5.91 Å². The highest BCUT2D eigenvalue weighted by Gasteiger charge is 2.23. The van der Waals surface area contributed by atoms with Gasteiger partial charge in [-0.25, -0.2) is 0 Å². The van der Waals surface area contributed by atoms with Crippen LogP contribution < -0.4 is 0 Å². The van der Waals surface area contributed by atoms with Gasteiger partial charge in [-0.2, -0.15) is 0 Å². The van der Waals surface area contributed by atoms with Crippen molar-refractivity contribution in [1.82, 2.24) is 4.90 Å². The van der Waals surface area contributed by atoms with Crippen molar-refractivity contribution in [2.24, 2.45) is 0 Å². The fourth-order valence-electron chi connectivity index (χ4n) is 1.83. The average molecular weight is 223 g/mol.